The molecule has 0 fully saturated rings. The van der Waals surface area contributed by atoms with Crippen molar-refractivity contribution >= 4 is 5.69 Å². The third-order valence-corrected chi connectivity index (χ3v) is 3.14. The van der Waals surface area contributed by atoms with Crippen LogP contribution in [0.2, 0.25) is 0 Å². The van der Waals surface area contributed by atoms with E-state index in [0.29, 0.717) is 5.75 Å². The van der Waals surface area contributed by atoms with E-state index >= 15 is 0 Å². The van der Waals surface area contributed by atoms with Crippen LogP contribution in [0.3, 0.4) is 0 Å². The highest BCUT2D eigenvalue weighted by molar-refractivity contribution is 5.50. The summed E-state index contributed by atoms with van der Waals surface area (Å²) in [6.07, 6.45) is 0.826. The highest BCUT2D eigenvalue weighted by Crippen LogP contribution is 2.25. The van der Waals surface area contributed by atoms with Crippen molar-refractivity contribution in [1.29, 1.82) is 5.26 Å². The molecule has 0 heterocycles. The molecule has 2 aromatic carbocycles. The summed E-state index contributed by atoms with van der Waals surface area (Å²) in [5, 5.41) is 11.9. The normalized spacial score (nSPS) is 11.5. The second-order valence-corrected chi connectivity index (χ2v) is 4.63. The van der Waals surface area contributed by atoms with Crippen LogP contribution in [-0.2, 0) is 0 Å². The van der Waals surface area contributed by atoms with Crippen molar-refractivity contribution in [1.82, 2.24) is 0 Å². The van der Waals surface area contributed by atoms with Crippen LogP contribution in [0.15, 0.2) is 48.5 Å². The van der Waals surface area contributed by atoms with Crippen molar-refractivity contribution < 1.29 is 9.13 Å². The van der Waals surface area contributed by atoms with Crippen molar-refractivity contribution in [2.24, 2.45) is 0 Å². The topological polar surface area (TPSA) is 45.0 Å². The van der Waals surface area contributed by atoms with E-state index in [1.165, 1.54) is 12.1 Å². The van der Waals surface area contributed by atoms with E-state index in [1.807, 2.05) is 37.3 Å². The van der Waals surface area contributed by atoms with Crippen LogP contribution in [-0.4, -0.2) is 6.61 Å². The molecule has 0 saturated heterocycles. The maximum Gasteiger partial charge on any atom is 0.174 e. The Labute approximate surface area is 124 Å². The molecule has 108 valence electrons. The zero-order valence-electron chi connectivity index (χ0n) is 11.8. The van der Waals surface area contributed by atoms with Gasteiger partial charge in [-0.1, -0.05) is 25.1 Å². The van der Waals surface area contributed by atoms with Gasteiger partial charge < -0.3 is 10.1 Å². The number of anilines is 1. The molecular formula is C17H17FN2O. The molecule has 0 spiro atoms. The van der Waals surface area contributed by atoms with Gasteiger partial charge >= 0.3 is 0 Å². The van der Waals surface area contributed by atoms with Crippen LogP contribution >= 0.6 is 0 Å². The van der Waals surface area contributed by atoms with Crippen molar-refractivity contribution in [3.05, 3.63) is 59.9 Å². The van der Waals surface area contributed by atoms with Gasteiger partial charge in [0.15, 0.2) is 6.61 Å². The maximum absolute atomic E-state index is 13.3. The lowest BCUT2D eigenvalue weighted by Gasteiger charge is -2.19. The van der Waals surface area contributed by atoms with Crippen molar-refractivity contribution in [3.63, 3.8) is 0 Å². The van der Waals surface area contributed by atoms with E-state index < -0.39 is 0 Å². The molecule has 0 amide bonds. The Kier molecular flexibility index (Phi) is 5.16. The fourth-order valence-corrected chi connectivity index (χ4v) is 2.14. The number of hydrogen-bond acceptors (Lipinski definition) is 3. The van der Waals surface area contributed by atoms with E-state index in [9.17, 15) is 4.39 Å². The lowest BCUT2D eigenvalue weighted by atomic mass is 10.0. The summed E-state index contributed by atoms with van der Waals surface area (Å²) in [6, 6.07) is 15.9. The first-order valence-corrected chi connectivity index (χ1v) is 6.84. The van der Waals surface area contributed by atoms with Gasteiger partial charge in [0, 0.05) is 11.8 Å². The van der Waals surface area contributed by atoms with Crippen molar-refractivity contribution in [2.75, 3.05) is 11.9 Å². The van der Waals surface area contributed by atoms with E-state index in [1.54, 1.807) is 12.1 Å². The fraction of sp³-hybridized carbons (Fsp3) is 0.235. The predicted octanol–water partition coefficient (Wildman–Crippen LogP) is 4.29. The Bertz CT molecular complexity index is 637. The van der Waals surface area contributed by atoms with E-state index in [-0.39, 0.29) is 18.5 Å². The van der Waals surface area contributed by atoms with Crippen LogP contribution in [0.25, 0.3) is 0 Å². The quantitative estimate of drug-likeness (QED) is 0.860. The van der Waals surface area contributed by atoms with Crippen LogP contribution in [0.4, 0.5) is 10.1 Å². The third kappa shape index (κ3) is 4.22. The summed E-state index contributed by atoms with van der Waals surface area (Å²) in [7, 11) is 0. The van der Waals surface area contributed by atoms with E-state index in [0.717, 1.165) is 17.7 Å². The fourth-order valence-electron chi connectivity index (χ4n) is 2.14. The number of nitrogens with zero attached hydrogens (tertiary/aromatic N) is 1. The first kappa shape index (κ1) is 14.9. The average Bonchev–Trinajstić information content (AvgIpc) is 2.51. The second-order valence-electron chi connectivity index (χ2n) is 4.63. The molecule has 0 saturated carbocycles. The number of hydrogen-bond donors (Lipinski definition) is 1. The molecule has 0 aliphatic heterocycles. The minimum absolute atomic E-state index is 0.0184. The molecule has 0 radical (unpaired) electrons. The Morgan fingerprint density at radius 2 is 2.05 bits per heavy atom. The van der Waals surface area contributed by atoms with Gasteiger partial charge in [0.05, 0.1) is 6.04 Å². The van der Waals surface area contributed by atoms with Gasteiger partial charge in [-0.3, -0.25) is 0 Å². The molecular weight excluding hydrogens is 267 g/mol. The Balaban J connectivity index is 2.13. The molecule has 0 aliphatic carbocycles. The molecule has 1 N–H and O–H groups in total. The monoisotopic (exact) mass is 284 g/mol. The smallest absolute Gasteiger partial charge is 0.174 e. The molecule has 1 atom stereocenters. The summed E-state index contributed by atoms with van der Waals surface area (Å²) in [6.45, 7) is 2.06. The van der Waals surface area contributed by atoms with Crippen LogP contribution in [0.1, 0.15) is 24.9 Å². The lowest BCUT2D eigenvalue weighted by Crippen LogP contribution is -2.10. The van der Waals surface area contributed by atoms with Gasteiger partial charge in [0.2, 0.25) is 0 Å². The van der Waals surface area contributed by atoms with Crippen LogP contribution in [0.5, 0.6) is 5.75 Å². The van der Waals surface area contributed by atoms with Gasteiger partial charge in [0.1, 0.15) is 17.6 Å². The molecule has 1 unspecified atom stereocenters. The number of halogens is 1. The molecule has 0 bridgehead atoms. The third-order valence-electron chi connectivity index (χ3n) is 3.14. The molecule has 3 nitrogen and oxygen atoms in total. The zero-order valence-corrected chi connectivity index (χ0v) is 11.8. The SMILES string of the molecule is CCC(Nc1cccc(OCC#N)c1)c1cccc(F)c1. The highest BCUT2D eigenvalue weighted by atomic mass is 19.1. The molecule has 2 rings (SSSR count). The van der Waals surface area contributed by atoms with Gasteiger partial charge in [-0.05, 0) is 36.2 Å². The molecule has 4 heteroatoms. The predicted molar refractivity (Wildman–Crippen MR) is 80.6 cm³/mol. The number of rotatable bonds is 6. The Morgan fingerprint density at radius 3 is 2.76 bits per heavy atom. The van der Waals surface area contributed by atoms with Crippen LogP contribution in [0, 0.1) is 17.1 Å². The summed E-state index contributed by atoms with van der Waals surface area (Å²) in [4.78, 5) is 0. The van der Waals surface area contributed by atoms with Gasteiger partial charge in [-0.15, -0.1) is 0 Å². The summed E-state index contributed by atoms with van der Waals surface area (Å²) >= 11 is 0. The Hall–Kier alpha value is -2.54. The minimum atomic E-state index is -0.237. The van der Waals surface area contributed by atoms with Crippen LogP contribution < -0.4 is 10.1 Å². The largest absolute Gasteiger partial charge is 0.479 e. The highest BCUT2D eigenvalue weighted by Gasteiger charge is 2.10. The summed E-state index contributed by atoms with van der Waals surface area (Å²) < 4.78 is 18.6. The number of ether oxygens (including phenoxy) is 1. The average molecular weight is 284 g/mol. The standard InChI is InChI=1S/C17H17FN2O/c1-2-17(13-5-3-6-14(18)11-13)20-15-7-4-8-16(12-15)21-10-9-19/h3-8,11-12,17,20H,2,10H2,1H3. The first-order chi connectivity index (χ1) is 10.2. The maximum atomic E-state index is 13.3. The van der Waals surface area contributed by atoms with Gasteiger partial charge in [0.25, 0.3) is 0 Å². The van der Waals surface area contributed by atoms with Gasteiger partial charge in [-0.25, -0.2) is 4.39 Å². The number of nitrogens with one attached hydrogen (secondary N) is 1. The summed E-state index contributed by atoms with van der Waals surface area (Å²) in [5.74, 6) is 0.398. The molecule has 2 aromatic rings. The Morgan fingerprint density at radius 1 is 1.24 bits per heavy atom. The minimum Gasteiger partial charge on any atom is -0.479 e. The summed E-state index contributed by atoms with van der Waals surface area (Å²) in [5.41, 5.74) is 1.78. The van der Waals surface area contributed by atoms with E-state index in [2.05, 4.69) is 5.32 Å². The zero-order chi connectivity index (χ0) is 15.1. The van der Waals surface area contributed by atoms with E-state index in [4.69, 9.17) is 10.00 Å². The molecule has 0 aliphatic rings. The molecule has 21 heavy (non-hydrogen) atoms. The number of benzene rings is 2. The van der Waals surface area contributed by atoms with Gasteiger partial charge in [-0.2, -0.15) is 5.26 Å². The molecule has 0 aromatic heterocycles. The lowest BCUT2D eigenvalue weighted by molar-refractivity contribution is 0.368. The van der Waals surface area contributed by atoms with Crippen molar-refractivity contribution in [3.8, 4) is 11.8 Å². The first-order valence-electron chi connectivity index (χ1n) is 6.84. The second kappa shape index (κ2) is 7.30. The number of nitriles is 1. The van der Waals surface area contributed by atoms with Crippen molar-refractivity contribution in [2.45, 2.75) is 19.4 Å².